The smallest absolute Gasteiger partial charge is 0.0791 e. The van der Waals surface area contributed by atoms with Crippen molar-refractivity contribution in [1.29, 1.82) is 0 Å². The standard InChI is InChI=1S/3C8H11Si.C5H5.Zr/c3*1-9(2)8-6-4-3-5-7-8;1-2-4-5-3-1;/h3*3-7H,1-2H3;1-5H;/q;;;-1;. The van der Waals surface area contributed by atoms with E-state index in [0.29, 0.717) is 0 Å². The Labute approximate surface area is 227 Å². The van der Waals surface area contributed by atoms with E-state index in [-0.39, 0.29) is 52.6 Å². The third-order valence-electron chi connectivity index (χ3n) is 4.61. The molecule has 33 heavy (non-hydrogen) atoms. The van der Waals surface area contributed by atoms with E-state index in [1.807, 2.05) is 30.3 Å². The maximum atomic E-state index is 2.31. The molecular formula is C29H38Si3Zr-. The number of hydrogen-bond acceptors (Lipinski definition) is 0. The largest absolute Gasteiger partial charge is 0.214 e. The molecule has 0 aliphatic carbocycles. The van der Waals surface area contributed by atoms with Gasteiger partial charge >= 0.3 is 0 Å². The van der Waals surface area contributed by atoms with Gasteiger partial charge in [0.2, 0.25) is 0 Å². The molecule has 171 valence electrons. The van der Waals surface area contributed by atoms with Crippen LogP contribution in [0, 0.1) is 0 Å². The molecule has 0 unspecified atom stereocenters. The zero-order valence-corrected chi connectivity index (χ0v) is 26.5. The van der Waals surface area contributed by atoms with E-state index in [2.05, 4.69) is 130 Å². The van der Waals surface area contributed by atoms with Crippen LogP contribution in [0.2, 0.25) is 39.3 Å². The van der Waals surface area contributed by atoms with Crippen LogP contribution < -0.4 is 15.6 Å². The molecule has 0 spiro atoms. The zero-order chi connectivity index (χ0) is 23.6. The SMILES string of the molecule is C[Si](C)c1ccccc1.C[Si](C)c1ccccc1.C[Si](C)c1ccccc1.[Zr].c1cc[cH-]c1. The molecule has 4 aromatic rings. The summed E-state index contributed by atoms with van der Waals surface area (Å²) in [5.74, 6) is 0. The van der Waals surface area contributed by atoms with E-state index >= 15 is 0 Å². The minimum absolute atomic E-state index is 0. The van der Waals surface area contributed by atoms with Gasteiger partial charge in [-0.3, -0.25) is 0 Å². The molecule has 3 radical (unpaired) electrons. The first-order chi connectivity index (χ1) is 15.4. The molecule has 0 saturated heterocycles. The topological polar surface area (TPSA) is 0 Å². The Kier molecular flexibility index (Phi) is 19.1. The van der Waals surface area contributed by atoms with Crippen molar-refractivity contribution in [3.8, 4) is 0 Å². The predicted octanol–water partition coefficient (Wildman–Crippen LogP) is 6.35. The maximum absolute atomic E-state index is 2.31. The van der Waals surface area contributed by atoms with Crippen LogP contribution in [-0.2, 0) is 26.2 Å². The van der Waals surface area contributed by atoms with Gasteiger partial charge in [0.1, 0.15) is 0 Å². The summed E-state index contributed by atoms with van der Waals surface area (Å²) >= 11 is 0. The van der Waals surface area contributed by atoms with Gasteiger partial charge in [-0.1, -0.05) is 146 Å². The third kappa shape index (κ3) is 15.9. The van der Waals surface area contributed by atoms with Gasteiger partial charge in [-0.25, -0.2) is 12.1 Å². The second-order valence-electron chi connectivity index (χ2n) is 8.06. The monoisotopic (exact) mass is 560 g/mol. The molecule has 0 atom stereocenters. The van der Waals surface area contributed by atoms with Crippen molar-refractivity contribution in [2.45, 2.75) is 39.3 Å². The first-order valence-corrected chi connectivity index (χ1v) is 18.6. The van der Waals surface area contributed by atoms with Crippen LogP contribution in [-0.4, -0.2) is 26.4 Å². The van der Waals surface area contributed by atoms with Gasteiger partial charge in [0, 0.05) is 26.2 Å². The maximum Gasteiger partial charge on any atom is 0.0791 e. The Hall–Kier alpha value is -1.46. The van der Waals surface area contributed by atoms with Crippen molar-refractivity contribution in [2.75, 3.05) is 0 Å². The molecular weight excluding hydrogens is 524 g/mol. The van der Waals surface area contributed by atoms with E-state index in [9.17, 15) is 0 Å². The summed E-state index contributed by atoms with van der Waals surface area (Å²) in [5.41, 5.74) is 0. The molecule has 0 aliphatic rings. The summed E-state index contributed by atoms with van der Waals surface area (Å²) in [6, 6.07) is 42.0. The van der Waals surface area contributed by atoms with Gasteiger partial charge in [0.25, 0.3) is 0 Å². The molecule has 0 amide bonds. The summed E-state index contributed by atoms with van der Waals surface area (Å²) < 4.78 is 0. The number of benzene rings is 3. The van der Waals surface area contributed by atoms with Gasteiger partial charge in [-0.05, 0) is 0 Å². The van der Waals surface area contributed by atoms with Crippen molar-refractivity contribution >= 4 is 42.0 Å². The van der Waals surface area contributed by atoms with Crippen LogP contribution in [0.25, 0.3) is 0 Å². The number of hydrogen-bond donors (Lipinski definition) is 0. The van der Waals surface area contributed by atoms with Gasteiger partial charge in [0.15, 0.2) is 0 Å². The van der Waals surface area contributed by atoms with Crippen LogP contribution in [0.5, 0.6) is 0 Å². The summed E-state index contributed by atoms with van der Waals surface area (Å²) in [6.45, 7) is 13.8. The van der Waals surface area contributed by atoms with Crippen LogP contribution in [0.1, 0.15) is 0 Å². The molecule has 4 rings (SSSR count). The summed E-state index contributed by atoms with van der Waals surface area (Å²) in [4.78, 5) is 0. The molecule has 0 heterocycles. The Morgan fingerprint density at radius 1 is 0.394 bits per heavy atom. The first kappa shape index (κ1) is 31.5. The number of rotatable bonds is 3. The second-order valence-corrected chi connectivity index (χ2v) is 15.8. The fourth-order valence-corrected chi connectivity index (χ4v) is 5.21. The molecule has 0 nitrogen and oxygen atoms in total. The van der Waals surface area contributed by atoms with E-state index < -0.39 is 0 Å². The molecule has 4 aromatic carbocycles. The van der Waals surface area contributed by atoms with Crippen molar-refractivity contribution in [1.82, 2.24) is 0 Å². The minimum atomic E-state index is -0.212. The predicted molar refractivity (Wildman–Crippen MR) is 153 cm³/mol. The van der Waals surface area contributed by atoms with Crippen molar-refractivity contribution in [2.24, 2.45) is 0 Å². The molecule has 0 saturated carbocycles. The van der Waals surface area contributed by atoms with Gasteiger partial charge < -0.3 is 0 Å². The molecule has 0 fully saturated rings. The summed E-state index contributed by atoms with van der Waals surface area (Å²) in [6.07, 6.45) is 0. The van der Waals surface area contributed by atoms with Gasteiger partial charge in [-0.2, -0.15) is 18.2 Å². The fraction of sp³-hybridized carbons (Fsp3) is 0.207. The molecule has 0 bridgehead atoms. The van der Waals surface area contributed by atoms with Gasteiger partial charge in [0.05, 0.1) is 26.4 Å². The Bertz CT molecular complexity index is 771. The zero-order valence-electron chi connectivity index (χ0n) is 21.0. The summed E-state index contributed by atoms with van der Waals surface area (Å²) in [7, 11) is -0.637. The molecule has 0 aliphatic heterocycles. The minimum Gasteiger partial charge on any atom is -0.214 e. The van der Waals surface area contributed by atoms with E-state index in [4.69, 9.17) is 0 Å². The fourth-order valence-electron chi connectivity index (χ4n) is 2.64. The van der Waals surface area contributed by atoms with Crippen molar-refractivity contribution in [3.63, 3.8) is 0 Å². The van der Waals surface area contributed by atoms with Crippen LogP contribution in [0.3, 0.4) is 0 Å². The molecule has 4 heteroatoms. The van der Waals surface area contributed by atoms with Crippen molar-refractivity contribution in [3.05, 3.63) is 121 Å². The second kappa shape index (κ2) is 20.0. The Morgan fingerprint density at radius 3 is 0.758 bits per heavy atom. The molecule has 0 aromatic heterocycles. The molecule has 0 N–H and O–H groups in total. The van der Waals surface area contributed by atoms with Gasteiger partial charge in [-0.15, -0.1) is 0 Å². The van der Waals surface area contributed by atoms with Crippen LogP contribution >= 0.6 is 0 Å². The van der Waals surface area contributed by atoms with E-state index in [0.717, 1.165) is 0 Å². The average molecular weight is 562 g/mol. The normalized spacial score (nSPS) is 9.48. The van der Waals surface area contributed by atoms with E-state index in [1.54, 1.807) is 0 Å². The quantitative estimate of drug-likeness (QED) is 0.202. The summed E-state index contributed by atoms with van der Waals surface area (Å²) in [5, 5.41) is 4.55. The van der Waals surface area contributed by atoms with Crippen molar-refractivity contribution < 1.29 is 26.2 Å². The van der Waals surface area contributed by atoms with E-state index in [1.165, 1.54) is 15.6 Å². The average Bonchev–Trinajstić information content (AvgIpc) is 3.42. The first-order valence-electron chi connectivity index (χ1n) is 11.1. The Balaban J connectivity index is 0.000000417. The third-order valence-corrected chi connectivity index (χ3v) is 9.07. The Morgan fingerprint density at radius 2 is 0.636 bits per heavy atom. The van der Waals surface area contributed by atoms with Crippen LogP contribution in [0.15, 0.2) is 121 Å². The van der Waals surface area contributed by atoms with Crippen LogP contribution in [0.4, 0.5) is 0 Å².